The third kappa shape index (κ3) is 5.57. The zero-order chi connectivity index (χ0) is 22.3. The minimum absolute atomic E-state index is 0.0435. The van der Waals surface area contributed by atoms with Crippen molar-refractivity contribution in [2.24, 2.45) is 12.0 Å². The van der Waals surface area contributed by atoms with Gasteiger partial charge in [-0.2, -0.15) is 5.10 Å². The lowest BCUT2D eigenvalue weighted by Crippen LogP contribution is -2.55. The van der Waals surface area contributed by atoms with E-state index in [0.717, 1.165) is 36.6 Å². The number of carbonyl (C=O) groups excluding carboxylic acids is 1. The van der Waals surface area contributed by atoms with E-state index >= 15 is 0 Å². The highest BCUT2D eigenvalue weighted by molar-refractivity contribution is 5.98. The minimum Gasteiger partial charge on any atom is -0.474 e. The van der Waals surface area contributed by atoms with Crippen molar-refractivity contribution in [1.82, 2.24) is 25.0 Å². The van der Waals surface area contributed by atoms with Crippen LogP contribution in [0.1, 0.15) is 44.6 Å². The van der Waals surface area contributed by atoms with Gasteiger partial charge < -0.3 is 19.9 Å². The fraction of sp³-hybridized carbons (Fsp3) is 0.565. The molecule has 1 aliphatic carbocycles. The van der Waals surface area contributed by atoms with E-state index in [9.17, 15) is 4.79 Å². The van der Waals surface area contributed by atoms with E-state index in [1.54, 1.807) is 22.0 Å². The molecule has 1 N–H and O–H groups in total. The number of hydrogen-bond donors (Lipinski definition) is 1. The Morgan fingerprint density at radius 3 is 2.84 bits per heavy atom. The number of nitrogens with one attached hydrogen (secondary N) is 1. The van der Waals surface area contributed by atoms with Crippen LogP contribution in [0.15, 0.2) is 35.7 Å². The molecule has 0 atom stereocenters. The first-order chi connectivity index (χ1) is 15.6. The number of hydrogen-bond acceptors (Lipinski definition) is 5. The summed E-state index contributed by atoms with van der Waals surface area (Å²) < 4.78 is 7.80. The van der Waals surface area contributed by atoms with Crippen LogP contribution < -0.4 is 15.0 Å². The summed E-state index contributed by atoms with van der Waals surface area (Å²) in [4.78, 5) is 25.7. The summed E-state index contributed by atoms with van der Waals surface area (Å²) in [7, 11) is 1.85. The molecule has 0 unspecified atom stereocenters. The molecule has 4 rings (SSSR count). The van der Waals surface area contributed by atoms with Crippen LogP contribution in [0.3, 0.4) is 0 Å². The van der Waals surface area contributed by atoms with E-state index in [2.05, 4.69) is 15.4 Å². The Morgan fingerprint density at radius 1 is 1.28 bits per heavy atom. The van der Waals surface area contributed by atoms with Gasteiger partial charge in [0.1, 0.15) is 12.6 Å². The molecule has 0 aromatic carbocycles. The molecule has 1 amide bonds. The van der Waals surface area contributed by atoms with E-state index in [0.29, 0.717) is 25.5 Å². The standard InChI is InChI=1S/C23H33N7O2/c1-3-24-23(29-11-12-30(22(31)17-29)19-15-27-28(2)16-19)26-14-18-9-10-25-21(13-18)32-20-7-5-4-6-8-20/h9-10,13,15-16,20H,3-8,11-12,14,17H2,1-2H3,(H,24,26). The largest absolute Gasteiger partial charge is 0.474 e. The predicted molar refractivity (Wildman–Crippen MR) is 124 cm³/mol. The van der Waals surface area contributed by atoms with Crippen molar-refractivity contribution in [3.05, 3.63) is 36.3 Å². The molecule has 1 aliphatic heterocycles. The van der Waals surface area contributed by atoms with Gasteiger partial charge in [0.05, 0.1) is 18.4 Å². The predicted octanol–water partition coefficient (Wildman–Crippen LogP) is 2.34. The molecule has 0 radical (unpaired) electrons. The number of amides is 1. The number of ether oxygens (including phenoxy) is 1. The second-order valence-electron chi connectivity index (χ2n) is 8.39. The second kappa shape index (κ2) is 10.5. The molecule has 2 aliphatic rings. The van der Waals surface area contributed by atoms with Gasteiger partial charge >= 0.3 is 0 Å². The summed E-state index contributed by atoms with van der Waals surface area (Å²) in [5.74, 6) is 1.47. The summed E-state index contributed by atoms with van der Waals surface area (Å²) >= 11 is 0. The molecule has 172 valence electrons. The zero-order valence-corrected chi connectivity index (χ0v) is 19.0. The number of nitrogens with zero attached hydrogens (tertiary/aromatic N) is 6. The van der Waals surface area contributed by atoms with Crippen LogP contribution in [0.25, 0.3) is 0 Å². The number of piperazine rings is 1. The Kier molecular flexibility index (Phi) is 7.24. The van der Waals surface area contributed by atoms with Gasteiger partial charge in [-0.1, -0.05) is 6.42 Å². The van der Waals surface area contributed by atoms with Crippen molar-refractivity contribution in [3.8, 4) is 5.88 Å². The molecule has 1 saturated heterocycles. The van der Waals surface area contributed by atoms with Gasteiger partial charge in [-0.05, 0) is 44.2 Å². The van der Waals surface area contributed by atoms with Gasteiger partial charge in [0.25, 0.3) is 0 Å². The number of anilines is 1. The summed E-state index contributed by atoms with van der Waals surface area (Å²) in [5.41, 5.74) is 1.88. The first-order valence-electron chi connectivity index (χ1n) is 11.6. The van der Waals surface area contributed by atoms with Crippen LogP contribution in [0.2, 0.25) is 0 Å². The van der Waals surface area contributed by atoms with E-state index in [1.807, 2.05) is 37.2 Å². The lowest BCUT2D eigenvalue weighted by molar-refractivity contribution is -0.120. The van der Waals surface area contributed by atoms with Crippen molar-refractivity contribution in [3.63, 3.8) is 0 Å². The van der Waals surface area contributed by atoms with Crippen LogP contribution in [-0.4, -0.2) is 63.8 Å². The van der Waals surface area contributed by atoms with Gasteiger partial charge in [0.2, 0.25) is 11.8 Å². The van der Waals surface area contributed by atoms with E-state index in [1.165, 1.54) is 19.3 Å². The highest BCUT2D eigenvalue weighted by Crippen LogP contribution is 2.23. The summed E-state index contributed by atoms with van der Waals surface area (Å²) in [6.45, 7) is 4.87. The van der Waals surface area contributed by atoms with E-state index in [4.69, 9.17) is 9.73 Å². The van der Waals surface area contributed by atoms with E-state index in [-0.39, 0.29) is 18.6 Å². The van der Waals surface area contributed by atoms with Crippen LogP contribution in [0.5, 0.6) is 5.88 Å². The third-order valence-corrected chi connectivity index (χ3v) is 5.91. The summed E-state index contributed by atoms with van der Waals surface area (Å²) in [5, 5.41) is 7.50. The fourth-order valence-electron chi connectivity index (χ4n) is 4.23. The highest BCUT2D eigenvalue weighted by Gasteiger charge is 2.27. The topological polar surface area (TPSA) is 87.9 Å². The normalized spacial score (nSPS) is 18.2. The van der Waals surface area contributed by atoms with Crippen LogP contribution in [0.4, 0.5) is 5.69 Å². The SMILES string of the molecule is CCNC(=NCc1ccnc(OC2CCCCC2)c1)N1CCN(c2cnn(C)c2)C(=O)C1. The highest BCUT2D eigenvalue weighted by atomic mass is 16.5. The molecule has 32 heavy (non-hydrogen) atoms. The monoisotopic (exact) mass is 439 g/mol. The van der Waals surface area contributed by atoms with Gasteiger partial charge in [0.15, 0.2) is 5.96 Å². The molecule has 0 bridgehead atoms. The molecule has 9 nitrogen and oxygen atoms in total. The van der Waals surface area contributed by atoms with Crippen molar-refractivity contribution in [2.45, 2.75) is 51.7 Å². The number of aromatic nitrogens is 3. The number of rotatable bonds is 6. The van der Waals surface area contributed by atoms with Gasteiger partial charge in [-0.15, -0.1) is 0 Å². The molecule has 2 fully saturated rings. The molecule has 9 heteroatoms. The Hall–Kier alpha value is -3.10. The number of guanidine groups is 1. The maximum absolute atomic E-state index is 12.8. The van der Waals surface area contributed by atoms with Gasteiger partial charge in [-0.25, -0.2) is 9.98 Å². The lowest BCUT2D eigenvalue weighted by Gasteiger charge is -2.35. The van der Waals surface area contributed by atoms with Crippen molar-refractivity contribution in [2.75, 3.05) is 31.1 Å². The first kappa shape index (κ1) is 22.1. The smallest absolute Gasteiger partial charge is 0.246 e. The Labute approximate surface area is 189 Å². The number of aryl methyl sites for hydroxylation is 1. The fourth-order valence-corrected chi connectivity index (χ4v) is 4.23. The second-order valence-corrected chi connectivity index (χ2v) is 8.39. The Balaban J connectivity index is 1.39. The Morgan fingerprint density at radius 2 is 2.12 bits per heavy atom. The van der Waals surface area contributed by atoms with Crippen molar-refractivity contribution < 1.29 is 9.53 Å². The molecule has 1 saturated carbocycles. The summed E-state index contributed by atoms with van der Waals surface area (Å²) in [6, 6.07) is 3.94. The average Bonchev–Trinajstić information content (AvgIpc) is 3.23. The first-order valence-corrected chi connectivity index (χ1v) is 11.6. The third-order valence-electron chi connectivity index (χ3n) is 5.91. The van der Waals surface area contributed by atoms with Crippen molar-refractivity contribution in [1.29, 1.82) is 0 Å². The zero-order valence-electron chi connectivity index (χ0n) is 19.0. The van der Waals surface area contributed by atoms with Gasteiger partial charge in [-0.3, -0.25) is 9.48 Å². The average molecular weight is 440 g/mol. The molecule has 3 heterocycles. The molecule has 0 spiro atoms. The number of carbonyl (C=O) groups is 1. The number of pyridine rings is 1. The van der Waals surface area contributed by atoms with Gasteiger partial charge in [0, 0.05) is 45.1 Å². The number of aliphatic imine (C=N–C) groups is 1. The molecule has 2 aromatic rings. The quantitative estimate of drug-likeness (QED) is 0.549. The van der Waals surface area contributed by atoms with Crippen LogP contribution >= 0.6 is 0 Å². The van der Waals surface area contributed by atoms with E-state index < -0.39 is 0 Å². The minimum atomic E-state index is 0.0435. The maximum atomic E-state index is 12.8. The van der Waals surface area contributed by atoms with Crippen molar-refractivity contribution >= 4 is 17.6 Å². The summed E-state index contributed by atoms with van der Waals surface area (Å²) in [6.07, 6.45) is 11.6. The van der Waals surface area contributed by atoms with Crippen LogP contribution in [0, 0.1) is 0 Å². The van der Waals surface area contributed by atoms with Crippen LogP contribution in [-0.2, 0) is 18.4 Å². The molecular formula is C23H33N7O2. The Bertz CT molecular complexity index is 936. The maximum Gasteiger partial charge on any atom is 0.246 e. The molecule has 2 aromatic heterocycles. The molecular weight excluding hydrogens is 406 g/mol. The lowest BCUT2D eigenvalue weighted by atomic mass is 9.98.